The number of aliphatic imine (C=N–C) groups is 1. The highest BCUT2D eigenvalue weighted by molar-refractivity contribution is 6.34. The number of carbonyl (C=O) groups excluding carboxylic acids is 2. The van der Waals surface area contributed by atoms with Gasteiger partial charge < -0.3 is 10.5 Å². The molecule has 0 heterocycles. The van der Waals surface area contributed by atoms with Crippen LogP contribution < -0.4 is 5.73 Å². The quantitative estimate of drug-likeness (QED) is 0.277. The van der Waals surface area contributed by atoms with Crippen LogP contribution in [-0.2, 0) is 9.53 Å². The Morgan fingerprint density at radius 3 is 2.72 bits per heavy atom. The van der Waals surface area contributed by atoms with E-state index in [1.807, 2.05) is 0 Å². The summed E-state index contributed by atoms with van der Waals surface area (Å²) in [4.78, 5) is 29.2. The van der Waals surface area contributed by atoms with E-state index in [-0.39, 0.29) is 35.6 Å². The van der Waals surface area contributed by atoms with E-state index in [0.29, 0.717) is 22.2 Å². The van der Waals surface area contributed by atoms with Crippen LogP contribution >= 0.6 is 23.2 Å². The molecule has 0 bridgehead atoms. The SMILES string of the molecule is CCOC(=O)C1=CC(C2CC2)c2cc(Cl)c(N=C(N)CCl)cc2C1=O. The lowest BCUT2D eigenvalue weighted by Gasteiger charge is -2.24. The second-order valence-electron chi connectivity index (χ2n) is 6.12. The second-order valence-corrected chi connectivity index (χ2v) is 6.80. The van der Waals surface area contributed by atoms with Gasteiger partial charge in [0.25, 0.3) is 0 Å². The van der Waals surface area contributed by atoms with E-state index in [2.05, 4.69) is 4.99 Å². The van der Waals surface area contributed by atoms with Crippen molar-refractivity contribution >= 4 is 46.5 Å². The molecule has 0 spiro atoms. The fourth-order valence-corrected chi connectivity index (χ4v) is 3.30. The summed E-state index contributed by atoms with van der Waals surface area (Å²) in [6.07, 6.45) is 3.84. The van der Waals surface area contributed by atoms with Crippen LogP contribution in [0.1, 0.15) is 41.6 Å². The predicted octanol–water partition coefficient (Wildman–Crippen LogP) is 3.75. The first-order valence-corrected chi connectivity index (χ1v) is 9.03. The van der Waals surface area contributed by atoms with Crippen molar-refractivity contribution in [2.24, 2.45) is 16.6 Å². The Morgan fingerprint density at radius 1 is 1.40 bits per heavy atom. The van der Waals surface area contributed by atoms with Gasteiger partial charge >= 0.3 is 5.97 Å². The van der Waals surface area contributed by atoms with E-state index < -0.39 is 5.97 Å². The van der Waals surface area contributed by atoms with Gasteiger partial charge in [-0.15, -0.1) is 11.6 Å². The summed E-state index contributed by atoms with van der Waals surface area (Å²) < 4.78 is 5.03. The number of esters is 1. The van der Waals surface area contributed by atoms with Crippen molar-refractivity contribution < 1.29 is 14.3 Å². The summed E-state index contributed by atoms with van der Waals surface area (Å²) in [6.45, 7) is 1.92. The lowest BCUT2D eigenvalue weighted by molar-refractivity contribution is -0.138. The van der Waals surface area contributed by atoms with E-state index >= 15 is 0 Å². The highest BCUT2D eigenvalue weighted by Gasteiger charge is 2.39. The van der Waals surface area contributed by atoms with Gasteiger partial charge in [-0.25, -0.2) is 9.79 Å². The number of fused-ring (bicyclic) bond motifs is 1. The number of halogens is 2. The number of rotatable bonds is 5. The van der Waals surface area contributed by atoms with Gasteiger partial charge in [-0.3, -0.25) is 4.79 Å². The Hall–Kier alpha value is -1.85. The van der Waals surface area contributed by atoms with Crippen LogP contribution in [0.5, 0.6) is 0 Å². The minimum absolute atomic E-state index is 0.0204. The molecule has 7 heteroatoms. The van der Waals surface area contributed by atoms with Crippen LogP contribution in [0.4, 0.5) is 5.69 Å². The van der Waals surface area contributed by atoms with Crippen LogP contribution in [0.15, 0.2) is 28.8 Å². The number of nitrogens with two attached hydrogens (primary N) is 1. The highest BCUT2D eigenvalue weighted by atomic mass is 35.5. The van der Waals surface area contributed by atoms with Crippen molar-refractivity contribution in [2.45, 2.75) is 25.7 Å². The van der Waals surface area contributed by atoms with Crippen LogP contribution in [0.2, 0.25) is 5.02 Å². The van der Waals surface area contributed by atoms with Crippen LogP contribution in [-0.4, -0.2) is 30.1 Å². The minimum atomic E-state index is -0.593. The molecule has 5 nitrogen and oxygen atoms in total. The Kier molecular flexibility index (Phi) is 5.16. The molecule has 3 rings (SSSR count). The fourth-order valence-electron chi connectivity index (χ4n) is 3.02. The molecule has 0 saturated heterocycles. The van der Waals surface area contributed by atoms with Gasteiger partial charge in [0.2, 0.25) is 0 Å². The first kappa shape index (κ1) is 18.0. The molecule has 1 aromatic rings. The largest absolute Gasteiger partial charge is 0.462 e. The number of hydrogen-bond acceptors (Lipinski definition) is 4. The zero-order valence-electron chi connectivity index (χ0n) is 13.7. The first-order valence-electron chi connectivity index (χ1n) is 8.12. The summed E-state index contributed by atoms with van der Waals surface area (Å²) in [5.41, 5.74) is 7.37. The normalized spacial score (nSPS) is 20.1. The van der Waals surface area contributed by atoms with Crippen molar-refractivity contribution in [3.63, 3.8) is 0 Å². The van der Waals surface area contributed by atoms with Gasteiger partial charge in [0.15, 0.2) is 5.78 Å². The monoisotopic (exact) mass is 380 g/mol. The van der Waals surface area contributed by atoms with Crippen LogP contribution in [0, 0.1) is 5.92 Å². The molecule has 0 aromatic heterocycles. The number of ether oxygens (including phenoxy) is 1. The molecule has 0 radical (unpaired) electrons. The number of Topliss-reactive ketones (excluding diaryl/α,β-unsaturated/α-hetero) is 1. The van der Waals surface area contributed by atoms with Gasteiger partial charge in [-0.1, -0.05) is 17.7 Å². The maximum absolute atomic E-state index is 12.8. The average molecular weight is 381 g/mol. The maximum Gasteiger partial charge on any atom is 0.341 e. The molecular formula is C18H18Cl2N2O3. The van der Waals surface area contributed by atoms with Crippen molar-refractivity contribution in [1.82, 2.24) is 0 Å². The van der Waals surface area contributed by atoms with Gasteiger partial charge in [-0.05, 0) is 43.4 Å². The fraction of sp³-hybridized carbons (Fsp3) is 0.389. The van der Waals surface area contributed by atoms with Gasteiger partial charge in [0, 0.05) is 11.5 Å². The summed E-state index contributed by atoms with van der Waals surface area (Å²) in [6, 6.07) is 3.33. The van der Waals surface area contributed by atoms with E-state index in [1.165, 1.54) is 0 Å². The Bertz CT molecular complexity index is 798. The number of alkyl halides is 1. The minimum Gasteiger partial charge on any atom is -0.462 e. The van der Waals surface area contributed by atoms with E-state index in [0.717, 1.165) is 18.4 Å². The van der Waals surface area contributed by atoms with Gasteiger partial charge in [0.1, 0.15) is 11.4 Å². The Morgan fingerprint density at radius 2 is 2.12 bits per heavy atom. The number of nitrogens with zero attached hydrogens (tertiary/aromatic N) is 1. The lowest BCUT2D eigenvalue weighted by atomic mass is 9.80. The average Bonchev–Trinajstić information content (AvgIpc) is 3.41. The first-order chi connectivity index (χ1) is 12.0. The van der Waals surface area contributed by atoms with Crippen molar-refractivity contribution in [1.29, 1.82) is 0 Å². The Labute approximate surface area is 155 Å². The molecular weight excluding hydrogens is 363 g/mol. The molecule has 0 aliphatic heterocycles. The van der Waals surface area contributed by atoms with E-state index in [4.69, 9.17) is 33.7 Å². The number of carbonyl (C=O) groups is 2. The third-order valence-electron chi connectivity index (χ3n) is 4.34. The van der Waals surface area contributed by atoms with Gasteiger partial charge in [-0.2, -0.15) is 0 Å². The van der Waals surface area contributed by atoms with Crippen molar-refractivity contribution in [3.8, 4) is 0 Å². The summed E-state index contributed by atoms with van der Waals surface area (Å²) in [7, 11) is 0. The molecule has 1 unspecified atom stereocenters. The molecule has 1 fully saturated rings. The third-order valence-corrected chi connectivity index (χ3v) is 4.92. The third kappa shape index (κ3) is 3.58. The summed E-state index contributed by atoms with van der Waals surface area (Å²) in [5.74, 6) is -0.318. The number of allylic oxidation sites excluding steroid dienone is 1. The molecule has 25 heavy (non-hydrogen) atoms. The number of amidine groups is 1. The van der Waals surface area contributed by atoms with E-state index in [1.54, 1.807) is 25.1 Å². The second kappa shape index (κ2) is 7.18. The zero-order valence-corrected chi connectivity index (χ0v) is 15.2. The van der Waals surface area contributed by atoms with Crippen LogP contribution in [0.3, 0.4) is 0 Å². The maximum atomic E-state index is 12.8. The number of ketones is 1. The molecule has 2 aliphatic carbocycles. The molecule has 0 amide bonds. The Balaban J connectivity index is 2.09. The smallest absolute Gasteiger partial charge is 0.341 e. The molecule has 1 atom stereocenters. The zero-order chi connectivity index (χ0) is 18.1. The summed E-state index contributed by atoms with van der Waals surface area (Å²) >= 11 is 12.0. The van der Waals surface area contributed by atoms with E-state index in [9.17, 15) is 9.59 Å². The topological polar surface area (TPSA) is 81.8 Å². The molecule has 1 saturated carbocycles. The van der Waals surface area contributed by atoms with Gasteiger partial charge in [0.05, 0.1) is 23.2 Å². The number of hydrogen-bond donors (Lipinski definition) is 1. The predicted molar refractivity (Wildman–Crippen MR) is 98.0 cm³/mol. The molecule has 2 N–H and O–H groups in total. The van der Waals surface area contributed by atoms with Crippen molar-refractivity contribution in [2.75, 3.05) is 12.5 Å². The highest BCUT2D eigenvalue weighted by Crippen LogP contribution is 2.48. The van der Waals surface area contributed by atoms with Crippen molar-refractivity contribution in [3.05, 3.63) is 39.9 Å². The lowest BCUT2D eigenvalue weighted by Crippen LogP contribution is -2.23. The summed E-state index contributed by atoms with van der Waals surface area (Å²) in [5, 5.41) is 0.401. The standard InChI is InChI=1S/C18H18Cl2N2O3/c1-2-25-18(24)13-5-10(9-3-4-9)11-6-14(20)15(22-16(21)8-19)7-12(11)17(13)23/h5-7,9-10H,2-4,8H2,1H3,(H2,21,22). The van der Waals surface area contributed by atoms with Crippen LogP contribution in [0.25, 0.3) is 0 Å². The number of benzene rings is 1. The molecule has 2 aliphatic rings. The molecule has 132 valence electrons. The molecule has 1 aromatic carbocycles.